The van der Waals surface area contributed by atoms with Gasteiger partial charge in [0.25, 0.3) is 0 Å². The van der Waals surface area contributed by atoms with E-state index >= 15 is 0 Å². The van der Waals surface area contributed by atoms with E-state index in [1.165, 1.54) is 38.3 Å². The van der Waals surface area contributed by atoms with Crippen molar-refractivity contribution >= 4 is 11.4 Å². The fraction of sp³-hybridized carbons (Fsp3) is 0.611. The van der Waals surface area contributed by atoms with E-state index in [-0.39, 0.29) is 16.8 Å². The summed E-state index contributed by atoms with van der Waals surface area (Å²) in [4.78, 5) is 0. The van der Waals surface area contributed by atoms with Crippen molar-refractivity contribution in [1.29, 1.82) is 0 Å². The third-order valence-corrected chi connectivity index (χ3v) is 6.66. The molecule has 2 bridgehead atoms. The van der Waals surface area contributed by atoms with Gasteiger partial charge in [-0.05, 0) is 30.4 Å². The summed E-state index contributed by atoms with van der Waals surface area (Å²) in [6, 6.07) is 5.81. The maximum Gasteiger partial charge on any atom is 0.427 e. The number of rotatable bonds is 2. The number of alkyl halides is 3. The van der Waals surface area contributed by atoms with Crippen LogP contribution in [0.2, 0.25) is 0 Å². The molecule has 1 aromatic carbocycles. The molecule has 0 radical (unpaired) electrons. The Labute approximate surface area is 144 Å². The highest BCUT2D eigenvalue weighted by Crippen LogP contribution is 2.71. The first-order valence-electron chi connectivity index (χ1n) is 8.19. The van der Waals surface area contributed by atoms with E-state index < -0.39 is 34.2 Å². The van der Waals surface area contributed by atoms with Gasteiger partial charge in [-0.3, -0.25) is 0 Å². The van der Waals surface area contributed by atoms with Gasteiger partial charge in [0.2, 0.25) is 17.0 Å². The molecular weight excluding hydrogens is 335 g/mol. The Morgan fingerprint density at radius 3 is 2.24 bits per heavy atom. The van der Waals surface area contributed by atoms with Crippen LogP contribution in [0.1, 0.15) is 33.6 Å². The highest BCUT2D eigenvalue weighted by atomic mass is 19.4. The summed E-state index contributed by atoms with van der Waals surface area (Å²) in [5.41, 5.74) is -5.89. The molecule has 3 rings (SSSR count). The minimum atomic E-state index is -4.93. The Bertz CT molecular complexity index is 726. The molecule has 0 spiro atoms. The monoisotopic (exact) mass is 357 g/mol. The molecule has 0 heterocycles. The van der Waals surface area contributed by atoms with E-state index in [2.05, 4.69) is 0 Å². The van der Waals surface area contributed by atoms with Crippen LogP contribution in [0.3, 0.4) is 0 Å². The summed E-state index contributed by atoms with van der Waals surface area (Å²) in [6.07, 6.45) is -4.26. The van der Waals surface area contributed by atoms with Crippen LogP contribution in [-0.4, -0.2) is 34.4 Å². The number of benzene rings is 1. The van der Waals surface area contributed by atoms with E-state index in [1.807, 2.05) is 0 Å². The molecule has 1 N–H and O–H groups in total. The zero-order chi connectivity index (χ0) is 18.8. The minimum absolute atomic E-state index is 0.0467. The van der Waals surface area contributed by atoms with Gasteiger partial charge in [-0.25, -0.2) is 0 Å². The summed E-state index contributed by atoms with van der Waals surface area (Å²) < 4.78 is 47.2. The topological polar surface area (TPSA) is 55.5 Å². The van der Waals surface area contributed by atoms with E-state index in [0.29, 0.717) is 12.2 Å². The first-order chi connectivity index (χ1) is 11.4. The first kappa shape index (κ1) is 18.0. The molecular formula is C18H22F3NO3. The van der Waals surface area contributed by atoms with Crippen LogP contribution in [0, 0.1) is 22.0 Å². The standard InChI is InChI=1S/C18H22F3NO3/c1-15(2)13-9-10-16(15,3)17(23,18(19,20)21)14(13)22(24)11-5-7-12(25-4)8-6-11/h5-8,13,23H,9-10H2,1-4H3/b22-14-/t13?,16-,17-/m1/s1. The van der Waals surface area contributed by atoms with Gasteiger partial charge in [-0.15, -0.1) is 0 Å². The largest absolute Gasteiger partial charge is 0.618 e. The fourth-order valence-electron chi connectivity index (χ4n) is 4.76. The van der Waals surface area contributed by atoms with Gasteiger partial charge < -0.3 is 15.1 Å². The van der Waals surface area contributed by atoms with Gasteiger partial charge in [-0.1, -0.05) is 20.8 Å². The molecule has 3 atom stereocenters. The number of hydrogen-bond donors (Lipinski definition) is 1. The van der Waals surface area contributed by atoms with Gasteiger partial charge in [0.05, 0.1) is 13.0 Å². The van der Waals surface area contributed by atoms with Gasteiger partial charge in [0.1, 0.15) is 5.75 Å². The number of fused-ring (bicyclic) bond motifs is 2. The molecule has 2 aliphatic rings. The third-order valence-electron chi connectivity index (χ3n) is 6.66. The van der Waals surface area contributed by atoms with E-state index in [4.69, 9.17) is 4.74 Å². The van der Waals surface area contributed by atoms with Crippen LogP contribution in [0.15, 0.2) is 24.3 Å². The van der Waals surface area contributed by atoms with Gasteiger partial charge >= 0.3 is 6.18 Å². The number of ether oxygens (including phenoxy) is 1. The molecule has 1 unspecified atom stereocenters. The quantitative estimate of drug-likeness (QED) is 0.494. The van der Waals surface area contributed by atoms with Crippen LogP contribution >= 0.6 is 0 Å². The van der Waals surface area contributed by atoms with Gasteiger partial charge in [0.15, 0.2) is 0 Å². The number of hydrogen-bond acceptors (Lipinski definition) is 3. The highest BCUT2D eigenvalue weighted by molar-refractivity contribution is 5.97. The summed E-state index contributed by atoms with van der Waals surface area (Å²) >= 11 is 0. The smallest absolute Gasteiger partial charge is 0.427 e. The van der Waals surface area contributed by atoms with Crippen molar-refractivity contribution in [2.75, 3.05) is 7.11 Å². The van der Waals surface area contributed by atoms with Crippen molar-refractivity contribution in [1.82, 2.24) is 0 Å². The molecule has 0 amide bonds. The minimum Gasteiger partial charge on any atom is -0.618 e. The zero-order valence-corrected chi connectivity index (χ0v) is 14.6. The summed E-state index contributed by atoms with van der Waals surface area (Å²) in [7, 11) is 1.46. The Hall–Kier alpha value is -1.76. The molecule has 0 aromatic heterocycles. The van der Waals surface area contributed by atoms with E-state index in [9.17, 15) is 23.5 Å². The number of aliphatic hydroxyl groups is 1. The average molecular weight is 357 g/mol. The lowest BCUT2D eigenvalue weighted by atomic mass is 9.64. The van der Waals surface area contributed by atoms with E-state index in [0.717, 1.165) is 0 Å². The van der Waals surface area contributed by atoms with Crippen LogP contribution in [0.25, 0.3) is 0 Å². The van der Waals surface area contributed by atoms with Crippen molar-refractivity contribution in [3.05, 3.63) is 29.5 Å². The summed E-state index contributed by atoms with van der Waals surface area (Å²) in [5.74, 6) is -0.141. The molecule has 0 aliphatic heterocycles. The molecule has 1 aromatic rings. The number of nitrogens with zero attached hydrogens (tertiary/aromatic N) is 1. The summed E-state index contributed by atoms with van der Waals surface area (Å²) in [5, 5.41) is 23.8. The number of halogens is 3. The van der Waals surface area contributed by atoms with Crippen molar-refractivity contribution in [3.8, 4) is 5.75 Å². The Kier molecular flexibility index (Phi) is 3.70. The van der Waals surface area contributed by atoms with Crippen LogP contribution in [0.4, 0.5) is 18.9 Å². The second-order valence-corrected chi connectivity index (χ2v) is 7.73. The summed E-state index contributed by atoms with van der Waals surface area (Å²) in [6.45, 7) is 4.85. The zero-order valence-electron chi connectivity index (χ0n) is 14.6. The van der Waals surface area contributed by atoms with Crippen molar-refractivity contribution in [2.24, 2.45) is 16.7 Å². The molecule has 2 fully saturated rings. The highest BCUT2D eigenvalue weighted by Gasteiger charge is 2.84. The van der Waals surface area contributed by atoms with Crippen molar-refractivity contribution in [2.45, 2.75) is 45.4 Å². The lowest BCUT2D eigenvalue weighted by Gasteiger charge is -2.44. The second kappa shape index (κ2) is 5.13. The molecule has 4 nitrogen and oxygen atoms in total. The second-order valence-electron chi connectivity index (χ2n) is 7.73. The van der Waals surface area contributed by atoms with Crippen molar-refractivity contribution < 1.29 is 27.8 Å². The molecule has 25 heavy (non-hydrogen) atoms. The predicted octanol–water partition coefficient (Wildman–Crippen LogP) is 4.03. The van der Waals surface area contributed by atoms with Crippen molar-refractivity contribution in [3.63, 3.8) is 0 Å². The van der Waals surface area contributed by atoms with Crippen LogP contribution in [-0.2, 0) is 0 Å². The van der Waals surface area contributed by atoms with Crippen LogP contribution < -0.4 is 4.74 Å². The molecule has 2 saturated carbocycles. The molecule has 2 aliphatic carbocycles. The molecule has 0 saturated heterocycles. The Morgan fingerprint density at radius 2 is 1.76 bits per heavy atom. The van der Waals surface area contributed by atoms with Gasteiger partial charge in [-0.2, -0.15) is 17.9 Å². The Balaban J connectivity index is 2.25. The SMILES string of the molecule is COc1ccc(/[N+]([O-])=C2\C3CC[C@](C)(C3(C)C)[C@@]2(O)C(F)(F)F)cc1. The number of methoxy groups -OCH3 is 1. The third kappa shape index (κ3) is 2.02. The average Bonchev–Trinajstić information content (AvgIpc) is 2.85. The van der Waals surface area contributed by atoms with Gasteiger partial charge in [0, 0.05) is 17.5 Å². The molecule has 138 valence electrons. The van der Waals surface area contributed by atoms with Crippen LogP contribution in [0.5, 0.6) is 5.75 Å². The van der Waals surface area contributed by atoms with E-state index in [1.54, 1.807) is 13.8 Å². The lowest BCUT2D eigenvalue weighted by molar-refractivity contribution is -0.383. The first-order valence-corrected chi connectivity index (χ1v) is 8.19. The lowest BCUT2D eigenvalue weighted by Crippen LogP contribution is -2.62. The Morgan fingerprint density at radius 1 is 1.20 bits per heavy atom. The fourth-order valence-corrected chi connectivity index (χ4v) is 4.76. The molecule has 7 heteroatoms. The normalized spacial score (nSPS) is 35.8. The maximum absolute atomic E-state index is 14.0. The maximum atomic E-state index is 14.0. The predicted molar refractivity (Wildman–Crippen MR) is 86.9 cm³/mol.